The van der Waals surface area contributed by atoms with Crippen LogP contribution in [0.4, 0.5) is 0 Å². The van der Waals surface area contributed by atoms with E-state index in [0.29, 0.717) is 11.3 Å². The number of fused-ring (bicyclic) bond motifs is 5. The van der Waals surface area contributed by atoms with Crippen LogP contribution in [0.25, 0.3) is 10.8 Å². The lowest BCUT2D eigenvalue weighted by Gasteiger charge is -2.23. The Morgan fingerprint density at radius 2 is 1.59 bits per heavy atom. The Morgan fingerprint density at radius 3 is 2.34 bits per heavy atom. The van der Waals surface area contributed by atoms with Gasteiger partial charge in [-0.05, 0) is 29.0 Å². The average molecular weight is 422 g/mol. The topological polar surface area (TPSA) is 73.6 Å². The van der Waals surface area contributed by atoms with Crippen LogP contribution in [-0.2, 0) is 4.79 Å². The van der Waals surface area contributed by atoms with Gasteiger partial charge in [0.05, 0.1) is 11.7 Å². The molecule has 0 N–H and O–H groups in total. The van der Waals surface area contributed by atoms with Gasteiger partial charge in [-0.25, -0.2) is 0 Å². The fraction of sp³-hybridized carbons (Fsp3) is 0.148. The molecule has 1 saturated carbocycles. The summed E-state index contributed by atoms with van der Waals surface area (Å²) in [5.41, 5.74) is -1.83. The van der Waals surface area contributed by atoms with Crippen LogP contribution >= 0.6 is 0 Å². The van der Waals surface area contributed by atoms with Gasteiger partial charge in [0.15, 0.2) is 17.0 Å². The van der Waals surface area contributed by atoms with Crippen molar-refractivity contribution in [3.8, 4) is 5.75 Å². The molecule has 0 radical (unpaired) electrons. The van der Waals surface area contributed by atoms with Crippen molar-refractivity contribution in [2.24, 2.45) is 10.8 Å². The maximum Gasteiger partial charge on any atom is 0.327 e. The van der Waals surface area contributed by atoms with Gasteiger partial charge in [0, 0.05) is 17.0 Å². The normalized spacial score (nSPS) is 25.5. The monoisotopic (exact) mass is 422 g/mol. The zero-order chi connectivity index (χ0) is 22.1. The van der Waals surface area contributed by atoms with Gasteiger partial charge in [0.1, 0.15) is 5.75 Å². The molecular weight excluding hydrogens is 404 g/mol. The Labute approximate surface area is 183 Å². The van der Waals surface area contributed by atoms with E-state index in [1.807, 2.05) is 36.4 Å². The lowest BCUT2D eigenvalue weighted by molar-refractivity contribution is -0.140. The number of carbonyl (C=O) groups is 3. The van der Waals surface area contributed by atoms with Gasteiger partial charge in [0.25, 0.3) is 0 Å². The largest absolute Gasteiger partial charge is 0.461 e. The summed E-state index contributed by atoms with van der Waals surface area (Å²) >= 11 is 0. The summed E-state index contributed by atoms with van der Waals surface area (Å²) in [4.78, 5) is 41.2. The van der Waals surface area contributed by atoms with Crippen LogP contribution in [-0.4, -0.2) is 17.5 Å². The van der Waals surface area contributed by atoms with Crippen molar-refractivity contribution in [1.29, 1.82) is 0 Å². The van der Waals surface area contributed by atoms with Crippen molar-refractivity contribution in [3.63, 3.8) is 0 Å². The molecule has 5 heteroatoms. The van der Waals surface area contributed by atoms with E-state index in [2.05, 4.69) is 0 Å². The van der Waals surface area contributed by atoms with Crippen molar-refractivity contribution >= 4 is 28.3 Å². The highest BCUT2D eigenvalue weighted by molar-refractivity contribution is 6.25. The minimum atomic E-state index is -1.69. The molecular formula is C27H18O5. The van der Waals surface area contributed by atoms with E-state index in [9.17, 15) is 14.4 Å². The first-order valence-electron chi connectivity index (χ1n) is 10.4. The van der Waals surface area contributed by atoms with Crippen molar-refractivity contribution in [1.82, 2.24) is 0 Å². The molecule has 0 amide bonds. The second kappa shape index (κ2) is 6.26. The van der Waals surface area contributed by atoms with Crippen molar-refractivity contribution in [3.05, 3.63) is 102 Å². The van der Waals surface area contributed by atoms with Crippen LogP contribution in [0.1, 0.15) is 39.3 Å². The molecule has 1 aliphatic carbocycles. The Morgan fingerprint density at radius 1 is 0.844 bits per heavy atom. The fourth-order valence-corrected chi connectivity index (χ4v) is 5.56. The summed E-state index contributed by atoms with van der Waals surface area (Å²) in [7, 11) is 0. The smallest absolute Gasteiger partial charge is 0.327 e. The number of benzene rings is 3. The predicted octanol–water partition coefficient (Wildman–Crippen LogP) is 5.21. The molecule has 2 heterocycles. The number of esters is 1. The molecule has 0 saturated heterocycles. The van der Waals surface area contributed by atoms with Crippen LogP contribution in [0.5, 0.6) is 5.75 Å². The van der Waals surface area contributed by atoms with Gasteiger partial charge < -0.3 is 9.15 Å². The Bertz CT molecular complexity index is 1420. The Hall–Kier alpha value is -3.99. The highest BCUT2D eigenvalue weighted by Gasteiger charge is 2.88. The van der Waals surface area contributed by atoms with E-state index < -0.39 is 28.5 Å². The highest BCUT2D eigenvalue weighted by atomic mass is 16.5. The van der Waals surface area contributed by atoms with Gasteiger partial charge in [-0.2, -0.15) is 0 Å². The average Bonchev–Trinajstić information content (AvgIpc) is 3.14. The van der Waals surface area contributed by atoms with E-state index in [0.717, 1.165) is 16.3 Å². The van der Waals surface area contributed by atoms with Crippen LogP contribution in [0.2, 0.25) is 0 Å². The molecule has 2 aliphatic rings. The summed E-state index contributed by atoms with van der Waals surface area (Å²) in [6.45, 7) is 1.70. The number of furan rings is 1. The zero-order valence-corrected chi connectivity index (χ0v) is 17.2. The van der Waals surface area contributed by atoms with Crippen LogP contribution < -0.4 is 4.74 Å². The second-order valence-corrected chi connectivity index (χ2v) is 8.53. The molecule has 1 aliphatic heterocycles. The highest BCUT2D eigenvalue weighted by Crippen LogP contribution is 2.79. The molecule has 3 atom stereocenters. The third-order valence-corrected chi connectivity index (χ3v) is 7.10. The number of rotatable bonds is 4. The van der Waals surface area contributed by atoms with Gasteiger partial charge in [-0.3, -0.25) is 14.4 Å². The first kappa shape index (κ1) is 18.8. The maximum atomic E-state index is 13.9. The predicted molar refractivity (Wildman–Crippen MR) is 117 cm³/mol. The first-order chi connectivity index (χ1) is 15.5. The Balaban J connectivity index is 1.64. The van der Waals surface area contributed by atoms with E-state index in [1.54, 1.807) is 43.3 Å². The standard InChI is InChI=1S/C27H18O5/c1-26(23(28)17-9-3-2-4-10-17)22-21-18-11-6-5-8-16(18)13-14-19(21)32-25(30)27(22,26)24(29)20-12-7-15-31-20/h2-15,22H,1H3/t22-,26-,27+/m1/s1. The molecule has 6 rings (SSSR count). The molecule has 1 aromatic heterocycles. The molecule has 0 spiro atoms. The minimum absolute atomic E-state index is 0.0419. The van der Waals surface area contributed by atoms with Crippen LogP contribution in [0.3, 0.4) is 0 Å². The van der Waals surface area contributed by atoms with Crippen LogP contribution in [0, 0.1) is 10.8 Å². The molecule has 32 heavy (non-hydrogen) atoms. The molecule has 3 aromatic carbocycles. The minimum Gasteiger partial charge on any atom is -0.461 e. The van der Waals surface area contributed by atoms with Gasteiger partial charge in [0.2, 0.25) is 5.78 Å². The summed E-state index contributed by atoms with van der Waals surface area (Å²) in [5.74, 6) is -1.73. The van der Waals surface area contributed by atoms with Crippen LogP contribution in [0.15, 0.2) is 89.5 Å². The Kier molecular flexibility index (Phi) is 3.67. The number of Topliss-reactive ketones (excluding diaryl/α,β-unsaturated/α-hetero) is 2. The lowest BCUT2D eigenvalue weighted by Crippen LogP contribution is -2.39. The maximum absolute atomic E-state index is 13.9. The lowest BCUT2D eigenvalue weighted by atomic mass is 9.83. The quantitative estimate of drug-likeness (QED) is 0.195. The molecule has 0 bridgehead atoms. The summed E-state index contributed by atoms with van der Waals surface area (Å²) in [6, 6.07) is 23.2. The van der Waals surface area contributed by atoms with E-state index in [4.69, 9.17) is 9.15 Å². The van der Waals surface area contributed by atoms with Gasteiger partial charge in [-0.1, -0.05) is 67.6 Å². The molecule has 156 valence electrons. The molecule has 4 aromatic rings. The first-order valence-corrected chi connectivity index (χ1v) is 10.4. The zero-order valence-electron chi connectivity index (χ0n) is 17.2. The number of hydrogen-bond acceptors (Lipinski definition) is 5. The third-order valence-electron chi connectivity index (χ3n) is 7.10. The van der Waals surface area contributed by atoms with Crippen molar-refractivity contribution in [2.75, 3.05) is 0 Å². The van der Waals surface area contributed by atoms with Gasteiger partial charge in [-0.15, -0.1) is 0 Å². The number of ether oxygens (including phenoxy) is 1. The summed E-state index contributed by atoms with van der Waals surface area (Å²) in [6.07, 6.45) is 1.38. The fourth-order valence-electron chi connectivity index (χ4n) is 5.56. The van der Waals surface area contributed by atoms with E-state index in [1.165, 1.54) is 12.3 Å². The summed E-state index contributed by atoms with van der Waals surface area (Å²) in [5, 5.41) is 1.81. The molecule has 5 nitrogen and oxygen atoms in total. The summed E-state index contributed by atoms with van der Waals surface area (Å²) < 4.78 is 11.1. The van der Waals surface area contributed by atoms with E-state index >= 15 is 0 Å². The third kappa shape index (κ3) is 2.10. The van der Waals surface area contributed by atoms with E-state index in [-0.39, 0.29) is 11.5 Å². The number of carbonyl (C=O) groups excluding carboxylic acids is 3. The van der Waals surface area contributed by atoms with Crippen molar-refractivity contribution in [2.45, 2.75) is 12.8 Å². The van der Waals surface area contributed by atoms with Gasteiger partial charge >= 0.3 is 5.97 Å². The SMILES string of the molecule is C[C@]1(C(=O)c2ccccc2)[C@H]2c3c(ccc4ccccc34)OC(=O)[C@@]21C(=O)c1ccco1. The number of hydrogen-bond donors (Lipinski definition) is 0. The number of ketones is 2. The molecule has 1 fully saturated rings. The molecule has 0 unspecified atom stereocenters. The second-order valence-electron chi connectivity index (χ2n) is 8.53. The van der Waals surface area contributed by atoms with Crippen molar-refractivity contribution < 1.29 is 23.5 Å².